The third-order valence-electron chi connectivity index (χ3n) is 2.22. The van der Waals surface area contributed by atoms with Crippen LogP contribution in [0, 0.1) is 5.92 Å². The monoisotopic (exact) mass is 259 g/mol. The second kappa shape index (κ2) is 6.77. The van der Waals surface area contributed by atoms with E-state index in [9.17, 15) is 4.79 Å². The van der Waals surface area contributed by atoms with Crippen LogP contribution >= 0.6 is 23.2 Å². The van der Waals surface area contributed by atoms with Gasteiger partial charge in [-0.2, -0.15) is 0 Å². The van der Waals surface area contributed by atoms with Crippen molar-refractivity contribution in [1.82, 2.24) is 5.32 Å². The third-order valence-corrected chi connectivity index (χ3v) is 3.12. The van der Waals surface area contributed by atoms with Crippen molar-refractivity contribution in [3.63, 3.8) is 0 Å². The average molecular weight is 260 g/mol. The molecule has 0 aliphatic carbocycles. The summed E-state index contributed by atoms with van der Waals surface area (Å²) < 4.78 is 0. The first-order valence-corrected chi connectivity index (χ1v) is 6.10. The molecular weight excluding hydrogens is 245 g/mol. The molecule has 2 nitrogen and oxygen atoms in total. The zero-order valence-corrected chi connectivity index (χ0v) is 10.7. The summed E-state index contributed by atoms with van der Waals surface area (Å²) in [4.78, 5) is 11.6. The van der Waals surface area contributed by atoms with Gasteiger partial charge in [-0.05, 0) is 17.5 Å². The van der Waals surface area contributed by atoms with E-state index in [1.165, 1.54) is 0 Å². The minimum absolute atomic E-state index is 0.0231. The molecule has 1 aromatic carbocycles. The lowest BCUT2D eigenvalue weighted by atomic mass is 10.1. The molecule has 0 radical (unpaired) electrons. The maximum absolute atomic E-state index is 11.6. The predicted octanol–water partition coefficient (Wildman–Crippen LogP) is 2.87. The van der Waals surface area contributed by atoms with Crippen LogP contribution < -0.4 is 5.32 Å². The summed E-state index contributed by atoms with van der Waals surface area (Å²) in [5.74, 6) is 0.814. The van der Waals surface area contributed by atoms with Gasteiger partial charge in [0.1, 0.15) is 0 Å². The van der Waals surface area contributed by atoms with Crippen LogP contribution in [0.25, 0.3) is 0 Å². The molecule has 16 heavy (non-hydrogen) atoms. The summed E-state index contributed by atoms with van der Waals surface area (Å²) in [6.07, 6.45) is 0.314. The Morgan fingerprint density at radius 3 is 2.75 bits per heavy atom. The second-order valence-electron chi connectivity index (χ2n) is 3.83. The molecule has 1 atom stereocenters. The van der Waals surface area contributed by atoms with E-state index in [4.69, 9.17) is 23.2 Å². The number of carbonyl (C=O) groups is 1. The maximum Gasteiger partial charge on any atom is 0.224 e. The van der Waals surface area contributed by atoms with Gasteiger partial charge >= 0.3 is 0 Å². The topological polar surface area (TPSA) is 29.1 Å². The van der Waals surface area contributed by atoms with E-state index in [1.807, 2.05) is 25.1 Å². The molecule has 0 aliphatic rings. The van der Waals surface area contributed by atoms with Crippen LogP contribution in [0.5, 0.6) is 0 Å². The van der Waals surface area contributed by atoms with Gasteiger partial charge in [0, 0.05) is 17.4 Å². The normalized spacial score (nSPS) is 12.2. The highest BCUT2D eigenvalue weighted by molar-refractivity contribution is 6.31. The Morgan fingerprint density at radius 2 is 2.12 bits per heavy atom. The van der Waals surface area contributed by atoms with Gasteiger partial charge in [0.25, 0.3) is 0 Å². The zero-order valence-electron chi connectivity index (χ0n) is 9.17. The van der Waals surface area contributed by atoms with E-state index in [2.05, 4.69) is 5.32 Å². The number of hydrogen-bond acceptors (Lipinski definition) is 1. The predicted molar refractivity (Wildman–Crippen MR) is 68.0 cm³/mol. The Bertz CT molecular complexity index is 355. The lowest BCUT2D eigenvalue weighted by Gasteiger charge is -2.09. The van der Waals surface area contributed by atoms with Crippen LogP contribution in [0.3, 0.4) is 0 Å². The Balaban J connectivity index is 2.43. The van der Waals surface area contributed by atoms with Crippen molar-refractivity contribution >= 4 is 29.1 Å². The lowest BCUT2D eigenvalue weighted by Crippen LogP contribution is -2.30. The lowest BCUT2D eigenvalue weighted by molar-refractivity contribution is -0.120. The van der Waals surface area contributed by atoms with Gasteiger partial charge in [0.05, 0.1) is 6.42 Å². The summed E-state index contributed by atoms with van der Waals surface area (Å²) in [6, 6.07) is 7.35. The van der Waals surface area contributed by atoms with Gasteiger partial charge in [-0.25, -0.2) is 0 Å². The first-order chi connectivity index (χ1) is 7.63. The maximum atomic E-state index is 11.6. The number of rotatable bonds is 5. The number of amides is 1. The molecule has 0 bridgehead atoms. The zero-order chi connectivity index (χ0) is 12.0. The number of halogens is 2. The van der Waals surface area contributed by atoms with Crippen molar-refractivity contribution in [3.8, 4) is 0 Å². The second-order valence-corrected chi connectivity index (χ2v) is 4.55. The Morgan fingerprint density at radius 1 is 1.44 bits per heavy atom. The fourth-order valence-corrected chi connectivity index (χ4v) is 1.53. The van der Waals surface area contributed by atoms with Gasteiger partial charge in [-0.3, -0.25) is 4.79 Å². The van der Waals surface area contributed by atoms with Gasteiger partial charge < -0.3 is 5.32 Å². The van der Waals surface area contributed by atoms with E-state index < -0.39 is 0 Å². The smallest absolute Gasteiger partial charge is 0.224 e. The summed E-state index contributed by atoms with van der Waals surface area (Å²) >= 11 is 11.6. The summed E-state index contributed by atoms with van der Waals surface area (Å²) in [5, 5.41) is 3.45. The summed E-state index contributed by atoms with van der Waals surface area (Å²) in [5.41, 5.74) is 0.847. The summed E-state index contributed by atoms with van der Waals surface area (Å²) in [7, 11) is 0. The van der Waals surface area contributed by atoms with Gasteiger partial charge in [-0.15, -0.1) is 11.6 Å². The van der Waals surface area contributed by atoms with Crippen LogP contribution in [0.1, 0.15) is 12.5 Å². The fourth-order valence-electron chi connectivity index (χ4n) is 1.22. The molecule has 1 unspecified atom stereocenters. The van der Waals surface area contributed by atoms with E-state index in [1.54, 1.807) is 6.07 Å². The van der Waals surface area contributed by atoms with E-state index in [0.717, 1.165) is 5.56 Å². The number of alkyl halides is 1. The van der Waals surface area contributed by atoms with Crippen LogP contribution in [-0.2, 0) is 11.2 Å². The van der Waals surface area contributed by atoms with Crippen molar-refractivity contribution in [1.29, 1.82) is 0 Å². The Labute approximate surface area is 106 Å². The molecule has 0 aromatic heterocycles. The molecule has 0 saturated heterocycles. The van der Waals surface area contributed by atoms with Crippen molar-refractivity contribution in [2.75, 3.05) is 12.4 Å². The SMILES string of the molecule is CC(CCl)CNC(=O)Cc1ccccc1Cl. The van der Waals surface area contributed by atoms with Crippen LogP contribution in [0.15, 0.2) is 24.3 Å². The van der Waals surface area contributed by atoms with Crippen LogP contribution in [0.2, 0.25) is 5.02 Å². The molecule has 0 fully saturated rings. The molecule has 1 aromatic rings. The summed E-state index contributed by atoms with van der Waals surface area (Å²) in [6.45, 7) is 2.59. The molecule has 0 aliphatic heterocycles. The highest BCUT2D eigenvalue weighted by atomic mass is 35.5. The average Bonchev–Trinajstić information content (AvgIpc) is 2.29. The molecule has 1 rings (SSSR count). The van der Waals surface area contributed by atoms with Crippen molar-refractivity contribution in [3.05, 3.63) is 34.9 Å². The first-order valence-electron chi connectivity index (χ1n) is 5.19. The van der Waals surface area contributed by atoms with Gasteiger partial charge in [0.15, 0.2) is 0 Å². The minimum Gasteiger partial charge on any atom is -0.356 e. The fraction of sp³-hybridized carbons (Fsp3) is 0.417. The highest BCUT2D eigenvalue weighted by Gasteiger charge is 2.07. The number of benzene rings is 1. The third kappa shape index (κ3) is 4.42. The molecule has 0 spiro atoms. The number of nitrogens with one attached hydrogen (secondary N) is 1. The molecule has 1 amide bonds. The molecular formula is C12H15Cl2NO. The molecule has 88 valence electrons. The quantitative estimate of drug-likeness (QED) is 0.810. The van der Waals surface area contributed by atoms with E-state index >= 15 is 0 Å². The standard InChI is InChI=1S/C12H15Cl2NO/c1-9(7-13)8-15-12(16)6-10-4-2-3-5-11(10)14/h2-5,9H,6-8H2,1H3,(H,15,16). The van der Waals surface area contributed by atoms with Crippen molar-refractivity contribution in [2.24, 2.45) is 5.92 Å². The Hall–Kier alpha value is -0.730. The van der Waals surface area contributed by atoms with Gasteiger partial charge in [-0.1, -0.05) is 36.7 Å². The van der Waals surface area contributed by atoms with Crippen LogP contribution in [0.4, 0.5) is 0 Å². The van der Waals surface area contributed by atoms with Gasteiger partial charge in [0.2, 0.25) is 5.91 Å². The van der Waals surface area contributed by atoms with E-state index in [-0.39, 0.29) is 11.8 Å². The number of carbonyl (C=O) groups excluding carboxylic acids is 1. The van der Waals surface area contributed by atoms with Crippen molar-refractivity contribution in [2.45, 2.75) is 13.3 Å². The van der Waals surface area contributed by atoms with E-state index in [0.29, 0.717) is 23.9 Å². The number of hydrogen-bond donors (Lipinski definition) is 1. The minimum atomic E-state index is -0.0231. The molecule has 1 N–H and O–H groups in total. The largest absolute Gasteiger partial charge is 0.356 e. The highest BCUT2D eigenvalue weighted by Crippen LogP contribution is 2.15. The van der Waals surface area contributed by atoms with Crippen LogP contribution in [-0.4, -0.2) is 18.3 Å². The van der Waals surface area contributed by atoms with Crippen molar-refractivity contribution < 1.29 is 4.79 Å². The Kier molecular flexibility index (Phi) is 5.64. The first kappa shape index (κ1) is 13.3. The molecule has 4 heteroatoms. The molecule has 0 saturated carbocycles. The molecule has 0 heterocycles.